The molecule has 1 saturated carbocycles. The zero-order valence-corrected chi connectivity index (χ0v) is 12.6. The van der Waals surface area contributed by atoms with Crippen LogP contribution in [0, 0.1) is 16.7 Å². The Morgan fingerprint density at radius 2 is 2.16 bits per heavy atom. The molecule has 2 rings (SSSR count). The summed E-state index contributed by atoms with van der Waals surface area (Å²) in [6, 6.07) is 2.83. The van der Waals surface area contributed by atoms with Crippen molar-refractivity contribution in [2.45, 2.75) is 38.6 Å². The minimum atomic E-state index is -2.04. The molecule has 0 bridgehead atoms. The van der Waals surface area contributed by atoms with E-state index in [4.69, 9.17) is 0 Å². The molecule has 106 valence electrons. The number of likely N-dealkylation sites (N-methyl/N-ethyl adjacent to an activating group) is 1. The SMILES string of the molecule is C/C=C(\CNC)C1(C#N)CCS(=O)(=NC2CC2)CC1. The van der Waals surface area contributed by atoms with Gasteiger partial charge in [0.25, 0.3) is 0 Å². The number of nitrogens with zero attached hydrogens (tertiary/aromatic N) is 2. The van der Waals surface area contributed by atoms with Crippen molar-refractivity contribution in [3.8, 4) is 6.07 Å². The van der Waals surface area contributed by atoms with Crippen molar-refractivity contribution < 1.29 is 4.21 Å². The molecule has 5 heteroatoms. The van der Waals surface area contributed by atoms with E-state index in [0.29, 0.717) is 30.4 Å². The van der Waals surface area contributed by atoms with Gasteiger partial charge in [0.1, 0.15) is 0 Å². The van der Waals surface area contributed by atoms with Crippen LogP contribution in [-0.2, 0) is 9.73 Å². The van der Waals surface area contributed by atoms with E-state index in [2.05, 4.69) is 15.7 Å². The van der Waals surface area contributed by atoms with E-state index in [1.165, 1.54) is 0 Å². The summed E-state index contributed by atoms with van der Waals surface area (Å²) in [6.45, 7) is 2.71. The lowest BCUT2D eigenvalue weighted by molar-refractivity contribution is 0.416. The quantitative estimate of drug-likeness (QED) is 0.802. The first-order chi connectivity index (χ1) is 9.07. The lowest BCUT2D eigenvalue weighted by atomic mass is 9.76. The van der Waals surface area contributed by atoms with Gasteiger partial charge in [0.05, 0.1) is 17.5 Å². The van der Waals surface area contributed by atoms with Gasteiger partial charge >= 0.3 is 0 Å². The maximum Gasteiger partial charge on any atom is 0.0813 e. The number of hydrogen-bond acceptors (Lipinski definition) is 4. The van der Waals surface area contributed by atoms with Gasteiger partial charge in [0, 0.05) is 27.8 Å². The van der Waals surface area contributed by atoms with Gasteiger partial charge in [-0.1, -0.05) is 6.08 Å². The fraction of sp³-hybridized carbons (Fsp3) is 0.786. The lowest BCUT2D eigenvalue weighted by Gasteiger charge is -2.34. The molecule has 4 nitrogen and oxygen atoms in total. The molecular formula is C14H23N3OS. The second-order valence-corrected chi connectivity index (χ2v) is 8.13. The molecule has 1 aliphatic heterocycles. The molecule has 2 aliphatic rings. The summed E-state index contributed by atoms with van der Waals surface area (Å²) in [4.78, 5) is 0. The second kappa shape index (κ2) is 5.64. The van der Waals surface area contributed by atoms with Crippen LogP contribution in [0.1, 0.15) is 32.6 Å². The van der Waals surface area contributed by atoms with Crippen LogP contribution in [-0.4, -0.2) is 35.3 Å². The first-order valence-corrected chi connectivity index (χ1v) is 8.86. The van der Waals surface area contributed by atoms with Crippen LogP contribution in [0.5, 0.6) is 0 Å². The number of allylic oxidation sites excluding steroid dienone is 1. The average Bonchev–Trinajstić information content (AvgIpc) is 3.21. The molecule has 0 spiro atoms. The Morgan fingerprint density at radius 1 is 1.53 bits per heavy atom. The number of nitriles is 1. The minimum Gasteiger partial charge on any atom is -0.316 e. The minimum absolute atomic E-state index is 0.348. The highest BCUT2D eigenvalue weighted by molar-refractivity contribution is 7.93. The molecule has 19 heavy (non-hydrogen) atoms. The summed E-state index contributed by atoms with van der Waals surface area (Å²) in [6.07, 6.45) is 5.59. The molecular weight excluding hydrogens is 258 g/mol. The predicted octanol–water partition coefficient (Wildman–Crippen LogP) is 2.09. The van der Waals surface area contributed by atoms with Crippen LogP contribution in [0.25, 0.3) is 0 Å². The van der Waals surface area contributed by atoms with Crippen molar-refractivity contribution in [1.29, 1.82) is 5.26 Å². The summed E-state index contributed by atoms with van der Waals surface area (Å²) in [5, 5.41) is 12.7. The van der Waals surface area contributed by atoms with Gasteiger partial charge in [-0.2, -0.15) is 5.26 Å². The van der Waals surface area contributed by atoms with Crippen molar-refractivity contribution in [2.24, 2.45) is 9.78 Å². The molecule has 0 aromatic heterocycles. The molecule has 0 radical (unpaired) electrons. The molecule has 0 atom stereocenters. The Labute approximate surface area is 116 Å². The van der Waals surface area contributed by atoms with Gasteiger partial charge in [-0.15, -0.1) is 0 Å². The number of rotatable bonds is 4. The molecule has 1 heterocycles. The van der Waals surface area contributed by atoms with E-state index in [1.54, 1.807) is 0 Å². The molecule has 0 unspecified atom stereocenters. The number of hydrogen-bond donors (Lipinski definition) is 1. The molecule has 1 N–H and O–H groups in total. The predicted molar refractivity (Wildman–Crippen MR) is 78.3 cm³/mol. The highest BCUT2D eigenvalue weighted by atomic mass is 32.2. The van der Waals surface area contributed by atoms with Crippen LogP contribution in [0.15, 0.2) is 16.0 Å². The summed E-state index contributed by atoms with van der Waals surface area (Å²) in [5.41, 5.74) is 0.697. The van der Waals surface area contributed by atoms with Crippen molar-refractivity contribution in [3.63, 3.8) is 0 Å². The van der Waals surface area contributed by atoms with E-state index < -0.39 is 15.1 Å². The van der Waals surface area contributed by atoms with Crippen LogP contribution >= 0.6 is 0 Å². The molecule has 1 saturated heterocycles. The van der Waals surface area contributed by atoms with E-state index in [9.17, 15) is 9.47 Å². The third-order valence-electron chi connectivity index (χ3n) is 4.13. The smallest absolute Gasteiger partial charge is 0.0813 e. The second-order valence-electron chi connectivity index (χ2n) is 5.56. The number of nitrogens with one attached hydrogen (secondary N) is 1. The van der Waals surface area contributed by atoms with Gasteiger partial charge in [-0.3, -0.25) is 0 Å². The van der Waals surface area contributed by atoms with Gasteiger partial charge in [0.15, 0.2) is 0 Å². The first kappa shape index (κ1) is 14.5. The van der Waals surface area contributed by atoms with Gasteiger partial charge in [-0.05, 0) is 45.2 Å². The molecule has 0 amide bonds. The third kappa shape index (κ3) is 3.18. The Morgan fingerprint density at radius 3 is 2.58 bits per heavy atom. The van der Waals surface area contributed by atoms with Crippen LogP contribution in [0.4, 0.5) is 0 Å². The summed E-state index contributed by atoms with van der Waals surface area (Å²) >= 11 is 0. The monoisotopic (exact) mass is 281 g/mol. The van der Waals surface area contributed by atoms with E-state index in [0.717, 1.165) is 25.0 Å². The third-order valence-corrected chi connectivity index (χ3v) is 6.49. The largest absolute Gasteiger partial charge is 0.316 e. The molecule has 1 aliphatic carbocycles. The van der Waals surface area contributed by atoms with Crippen molar-refractivity contribution in [1.82, 2.24) is 5.32 Å². The zero-order chi connectivity index (χ0) is 13.9. The maximum atomic E-state index is 12.6. The topological polar surface area (TPSA) is 65.2 Å². The first-order valence-electron chi connectivity index (χ1n) is 7.01. The summed E-state index contributed by atoms with van der Waals surface area (Å²) in [5.74, 6) is 1.16. The van der Waals surface area contributed by atoms with Gasteiger partial charge in [0.2, 0.25) is 0 Å². The standard InChI is InChI=1S/C14H23N3OS/c1-3-12(10-16-2)14(11-15)6-8-19(18,9-7-14)17-13-4-5-13/h3,13,16H,4-10H2,1-2H3/b12-3+. The maximum absolute atomic E-state index is 12.6. The highest BCUT2D eigenvalue weighted by Gasteiger charge is 2.40. The van der Waals surface area contributed by atoms with Gasteiger partial charge in [-0.25, -0.2) is 8.57 Å². The van der Waals surface area contributed by atoms with Crippen LogP contribution in [0.2, 0.25) is 0 Å². The van der Waals surface area contributed by atoms with E-state index >= 15 is 0 Å². The van der Waals surface area contributed by atoms with Crippen molar-refractivity contribution in [3.05, 3.63) is 11.6 Å². The van der Waals surface area contributed by atoms with Crippen LogP contribution in [0.3, 0.4) is 0 Å². The van der Waals surface area contributed by atoms with E-state index in [-0.39, 0.29) is 0 Å². The Bertz CT molecular complexity index is 505. The average molecular weight is 281 g/mol. The van der Waals surface area contributed by atoms with Crippen molar-refractivity contribution in [2.75, 3.05) is 25.1 Å². The van der Waals surface area contributed by atoms with Crippen LogP contribution < -0.4 is 5.32 Å². The highest BCUT2D eigenvalue weighted by Crippen LogP contribution is 2.40. The Kier molecular flexibility index (Phi) is 4.32. The van der Waals surface area contributed by atoms with Crippen molar-refractivity contribution >= 4 is 9.73 Å². The molecule has 2 fully saturated rings. The summed E-state index contributed by atoms with van der Waals surface area (Å²) < 4.78 is 17.1. The molecule has 0 aromatic rings. The normalized spacial score (nSPS) is 35.7. The van der Waals surface area contributed by atoms with Gasteiger partial charge < -0.3 is 5.32 Å². The zero-order valence-electron chi connectivity index (χ0n) is 11.8. The Hall–Kier alpha value is -0.860. The Balaban J connectivity index is 2.15. The lowest BCUT2D eigenvalue weighted by Crippen LogP contribution is -2.36. The fourth-order valence-electron chi connectivity index (χ4n) is 2.69. The summed E-state index contributed by atoms with van der Waals surface area (Å²) in [7, 11) is -0.147. The fourth-order valence-corrected chi connectivity index (χ4v) is 5.20. The van der Waals surface area contributed by atoms with E-state index in [1.807, 2.05) is 20.0 Å². The molecule has 0 aromatic carbocycles.